The molecule has 0 unspecified atom stereocenters. The summed E-state index contributed by atoms with van der Waals surface area (Å²) in [7, 11) is 0. The summed E-state index contributed by atoms with van der Waals surface area (Å²) >= 11 is 9.35. The van der Waals surface area contributed by atoms with Crippen LogP contribution in [0.5, 0.6) is 0 Å². The van der Waals surface area contributed by atoms with Gasteiger partial charge in [-0.15, -0.1) is 0 Å². The molecule has 1 aliphatic heterocycles. The van der Waals surface area contributed by atoms with Gasteiger partial charge in [-0.1, -0.05) is 11.6 Å². The van der Waals surface area contributed by atoms with E-state index in [1.54, 1.807) is 0 Å². The molecule has 17 heavy (non-hydrogen) atoms. The molecule has 94 valence electrons. The highest BCUT2D eigenvalue weighted by Gasteiger charge is 2.21. The van der Waals surface area contributed by atoms with Crippen LogP contribution in [0.25, 0.3) is 0 Å². The van der Waals surface area contributed by atoms with E-state index in [1.165, 1.54) is 0 Å². The predicted molar refractivity (Wildman–Crippen MR) is 71.6 cm³/mol. The summed E-state index contributed by atoms with van der Waals surface area (Å²) in [6.45, 7) is 3.75. The van der Waals surface area contributed by atoms with Gasteiger partial charge in [0.25, 0.3) is 5.91 Å². The minimum Gasteiger partial charge on any atom is -0.352 e. The number of halogens is 2. The van der Waals surface area contributed by atoms with E-state index in [4.69, 9.17) is 11.6 Å². The molecule has 0 aliphatic carbocycles. The molecular formula is C11H15BrClN3O. The van der Waals surface area contributed by atoms with E-state index in [9.17, 15) is 4.79 Å². The zero-order chi connectivity index (χ0) is 12.4. The Hall–Kier alpha value is -0.520. The van der Waals surface area contributed by atoms with Crippen LogP contribution < -0.4 is 10.6 Å². The molecule has 1 amide bonds. The highest BCUT2D eigenvalue weighted by Crippen LogP contribution is 2.29. The summed E-state index contributed by atoms with van der Waals surface area (Å²) in [6, 6.07) is 0.248. The number of rotatable bonds is 2. The fourth-order valence-corrected chi connectivity index (χ4v) is 2.67. The molecule has 6 heteroatoms. The van der Waals surface area contributed by atoms with Crippen LogP contribution in [0.3, 0.4) is 0 Å². The highest BCUT2D eigenvalue weighted by molar-refractivity contribution is 9.10. The number of piperidine rings is 1. The maximum atomic E-state index is 12.0. The van der Waals surface area contributed by atoms with Crippen molar-refractivity contribution >= 4 is 33.4 Å². The van der Waals surface area contributed by atoms with Crippen LogP contribution in [0.2, 0.25) is 5.02 Å². The molecule has 2 rings (SSSR count). The van der Waals surface area contributed by atoms with Gasteiger partial charge in [0.1, 0.15) is 5.69 Å². The number of carbonyl (C=O) groups is 1. The molecule has 1 fully saturated rings. The molecule has 1 aromatic heterocycles. The molecule has 4 nitrogen and oxygen atoms in total. The summed E-state index contributed by atoms with van der Waals surface area (Å²) in [5, 5.41) is 6.85. The van der Waals surface area contributed by atoms with E-state index in [1.807, 2.05) is 6.92 Å². The summed E-state index contributed by atoms with van der Waals surface area (Å²) in [5.74, 6) is -0.0984. The quantitative estimate of drug-likeness (QED) is 0.782. The van der Waals surface area contributed by atoms with Gasteiger partial charge in [0.15, 0.2) is 0 Å². The van der Waals surface area contributed by atoms with Crippen LogP contribution in [0, 0.1) is 6.92 Å². The van der Waals surface area contributed by atoms with E-state index in [0.29, 0.717) is 15.2 Å². The molecule has 2 heterocycles. The molecule has 0 spiro atoms. The summed E-state index contributed by atoms with van der Waals surface area (Å²) in [6.07, 6.45) is 1.94. The Bertz CT molecular complexity index is 427. The number of aryl methyl sites for hydroxylation is 1. The molecule has 3 N–H and O–H groups in total. The lowest BCUT2D eigenvalue weighted by Gasteiger charge is -2.23. The second kappa shape index (κ2) is 5.42. The van der Waals surface area contributed by atoms with Crippen molar-refractivity contribution < 1.29 is 4.79 Å². The smallest absolute Gasteiger partial charge is 0.269 e. The van der Waals surface area contributed by atoms with Gasteiger partial charge in [-0.25, -0.2) is 0 Å². The van der Waals surface area contributed by atoms with Crippen LogP contribution in [-0.4, -0.2) is 30.0 Å². The normalized spacial score (nSPS) is 17.1. The number of amides is 1. The number of hydrogen-bond donors (Lipinski definition) is 3. The van der Waals surface area contributed by atoms with Crippen molar-refractivity contribution in [3.05, 3.63) is 20.9 Å². The molecule has 0 saturated carbocycles. The number of H-pyrrole nitrogens is 1. The van der Waals surface area contributed by atoms with Gasteiger partial charge in [0.05, 0.1) is 9.50 Å². The van der Waals surface area contributed by atoms with Crippen LogP contribution in [0.15, 0.2) is 4.47 Å². The first kappa shape index (κ1) is 12.9. The molecule has 0 aromatic carbocycles. The Balaban J connectivity index is 2.06. The molecule has 1 aliphatic rings. The lowest BCUT2D eigenvalue weighted by atomic mass is 10.1. The van der Waals surface area contributed by atoms with E-state index < -0.39 is 0 Å². The summed E-state index contributed by atoms with van der Waals surface area (Å²) in [4.78, 5) is 15.0. The van der Waals surface area contributed by atoms with Crippen molar-refractivity contribution in [1.82, 2.24) is 15.6 Å². The maximum absolute atomic E-state index is 12.0. The number of aromatic nitrogens is 1. The van der Waals surface area contributed by atoms with Gasteiger partial charge in [-0.3, -0.25) is 4.79 Å². The first-order valence-electron chi connectivity index (χ1n) is 5.64. The molecule has 0 atom stereocenters. The second-order valence-electron chi connectivity index (χ2n) is 4.25. The number of hydrogen-bond acceptors (Lipinski definition) is 2. The predicted octanol–water partition coefficient (Wildman–Crippen LogP) is 2.22. The number of nitrogens with one attached hydrogen (secondary N) is 3. The van der Waals surface area contributed by atoms with E-state index >= 15 is 0 Å². The third-order valence-corrected chi connectivity index (χ3v) is 4.45. The topological polar surface area (TPSA) is 56.9 Å². The van der Waals surface area contributed by atoms with Crippen LogP contribution in [-0.2, 0) is 0 Å². The lowest BCUT2D eigenvalue weighted by Crippen LogP contribution is -2.42. The third-order valence-electron chi connectivity index (χ3n) is 2.96. The zero-order valence-electron chi connectivity index (χ0n) is 9.57. The van der Waals surface area contributed by atoms with Crippen LogP contribution in [0.4, 0.5) is 0 Å². The van der Waals surface area contributed by atoms with Gasteiger partial charge >= 0.3 is 0 Å². The fraction of sp³-hybridized carbons (Fsp3) is 0.545. The second-order valence-corrected chi connectivity index (χ2v) is 5.42. The Kier molecular flexibility index (Phi) is 4.12. The Labute approximate surface area is 114 Å². The van der Waals surface area contributed by atoms with Crippen molar-refractivity contribution in [2.75, 3.05) is 13.1 Å². The monoisotopic (exact) mass is 319 g/mol. The van der Waals surface area contributed by atoms with E-state index in [2.05, 4.69) is 31.5 Å². The van der Waals surface area contributed by atoms with Gasteiger partial charge < -0.3 is 15.6 Å². The zero-order valence-corrected chi connectivity index (χ0v) is 11.9. The van der Waals surface area contributed by atoms with E-state index in [-0.39, 0.29) is 11.9 Å². The first-order chi connectivity index (χ1) is 8.09. The van der Waals surface area contributed by atoms with Crippen LogP contribution in [0.1, 0.15) is 29.0 Å². The molecule has 0 bridgehead atoms. The summed E-state index contributed by atoms with van der Waals surface area (Å²) in [5.41, 5.74) is 1.31. The molecular weight excluding hydrogens is 305 g/mol. The number of aromatic amines is 1. The Morgan fingerprint density at radius 2 is 2.12 bits per heavy atom. The lowest BCUT2D eigenvalue weighted by molar-refractivity contribution is 0.0924. The van der Waals surface area contributed by atoms with Crippen molar-refractivity contribution in [2.45, 2.75) is 25.8 Å². The van der Waals surface area contributed by atoms with Crippen molar-refractivity contribution in [1.29, 1.82) is 0 Å². The van der Waals surface area contributed by atoms with Gasteiger partial charge in [-0.05, 0) is 48.8 Å². The average Bonchev–Trinajstić information content (AvgIpc) is 2.58. The maximum Gasteiger partial charge on any atom is 0.269 e. The van der Waals surface area contributed by atoms with Gasteiger partial charge in [-0.2, -0.15) is 0 Å². The Morgan fingerprint density at radius 1 is 1.47 bits per heavy atom. The average molecular weight is 321 g/mol. The molecule has 1 saturated heterocycles. The minimum absolute atomic E-state index is 0.0984. The van der Waals surface area contributed by atoms with Gasteiger partial charge in [0.2, 0.25) is 0 Å². The fourth-order valence-electron chi connectivity index (χ4n) is 1.95. The van der Waals surface area contributed by atoms with Crippen LogP contribution >= 0.6 is 27.5 Å². The molecule has 0 radical (unpaired) electrons. The van der Waals surface area contributed by atoms with Gasteiger partial charge in [0, 0.05) is 11.7 Å². The largest absolute Gasteiger partial charge is 0.352 e. The van der Waals surface area contributed by atoms with Crippen molar-refractivity contribution in [3.63, 3.8) is 0 Å². The SMILES string of the molecule is Cc1[nH]c(C(=O)NC2CCNCC2)c(Br)c1Cl. The first-order valence-corrected chi connectivity index (χ1v) is 6.82. The Morgan fingerprint density at radius 3 is 2.65 bits per heavy atom. The van der Waals surface area contributed by atoms with Crippen molar-refractivity contribution in [3.8, 4) is 0 Å². The van der Waals surface area contributed by atoms with E-state index in [0.717, 1.165) is 31.6 Å². The summed E-state index contributed by atoms with van der Waals surface area (Å²) < 4.78 is 0.642. The third kappa shape index (κ3) is 2.84. The van der Waals surface area contributed by atoms with Crippen molar-refractivity contribution in [2.24, 2.45) is 0 Å². The standard InChI is InChI=1S/C11H15BrClN3O/c1-6-9(13)8(12)10(15-6)11(17)16-7-2-4-14-5-3-7/h7,14-15H,2-5H2,1H3,(H,16,17). The minimum atomic E-state index is -0.0984. The highest BCUT2D eigenvalue weighted by atomic mass is 79.9. The molecule has 1 aromatic rings. The number of carbonyl (C=O) groups excluding carboxylic acids is 1.